The highest BCUT2D eigenvalue weighted by atomic mass is 16.2. The normalized spacial score (nSPS) is 12.0. The molecule has 0 bridgehead atoms. The van der Waals surface area contributed by atoms with Crippen molar-refractivity contribution in [3.63, 3.8) is 0 Å². The van der Waals surface area contributed by atoms with Crippen LogP contribution in [0, 0.1) is 11.8 Å². The first-order valence-electron chi connectivity index (χ1n) is 6.39. The van der Waals surface area contributed by atoms with Gasteiger partial charge in [-0.2, -0.15) is 0 Å². The summed E-state index contributed by atoms with van der Waals surface area (Å²) in [4.78, 5) is 2.56. The van der Waals surface area contributed by atoms with Crippen molar-refractivity contribution < 1.29 is 5.11 Å². The Kier molecular flexibility index (Phi) is 9.12. The molecule has 0 unspecified atom stereocenters. The van der Waals surface area contributed by atoms with Crippen molar-refractivity contribution in [1.82, 2.24) is 4.90 Å². The summed E-state index contributed by atoms with van der Waals surface area (Å²) in [5, 5.41) is 8.71. The lowest BCUT2D eigenvalue weighted by molar-refractivity contribution is 0.211. The second kappa shape index (κ2) is 9.17. The minimum Gasteiger partial charge on any atom is -0.396 e. The van der Waals surface area contributed by atoms with Crippen LogP contribution in [0.1, 0.15) is 47.0 Å². The number of aliphatic hydroxyl groups is 1. The average Bonchev–Trinajstić information content (AvgIpc) is 2.10. The van der Waals surface area contributed by atoms with E-state index in [4.69, 9.17) is 5.11 Å². The van der Waals surface area contributed by atoms with Crippen molar-refractivity contribution in [3.8, 4) is 0 Å². The highest BCUT2D eigenvalue weighted by Crippen LogP contribution is 2.06. The van der Waals surface area contributed by atoms with Crippen LogP contribution >= 0.6 is 0 Å². The van der Waals surface area contributed by atoms with E-state index in [1.54, 1.807) is 0 Å². The molecule has 92 valence electrons. The minimum absolute atomic E-state index is 0.342. The predicted molar refractivity (Wildman–Crippen MR) is 67.1 cm³/mol. The van der Waals surface area contributed by atoms with Gasteiger partial charge in [0.1, 0.15) is 0 Å². The van der Waals surface area contributed by atoms with Gasteiger partial charge in [-0.15, -0.1) is 0 Å². The molecule has 0 aliphatic carbocycles. The number of aliphatic hydroxyl groups excluding tert-OH is 1. The molecular weight excluding hydrogens is 186 g/mol. The van der Waals surface area contributed by atoms with E-state index < -0.39 is 0 Å². The Hall–Kier alpha value is -0.0800. The van der Waals surface area contributed by atoms with E-state index in [1.807, 2.05) is 0 Å². The molecule has 0 spiro atoms. The van der Waals surface area contributed by atoms with Gasteiger partial charge in [-0.1, -0.05) is 27.7 Å². The Balaban J connectivity index is 3.69. The molecule has 0 amide bonds. The second-order valence-electron chi connectivity index (χ2n) is 5.33. The number of hydrogen-bond donors (Lipinski definition) is 1. The zero-order chi connectivity index (χ0) is 11.7. The topological polar surface area (TPSA) is 23.5 Å². The van der Waals surface area contributed by atoms with E-state index in [2.05, 4.69) is 32.6 Å². The monoisotopic (exact) mass is 215 g/mol. The standard InChI is InChI=1S/C13H29NO/c1-12(2)10-14(11-13(3)4)8-6-5-7-9-15/h12-13,15H,5-11H2,1-4H3. The predicted octanol–water partition coefficient (Wildman–Crippen LogP) is 2.76. The molecule has 0 aromatic carbocycles. The number of rotatable bonds is 9. The van der Waals surface area contributed by atoms with Crippen molar-refractivity contribution in [2.24, 2.45) is 11.8 Å². The Bertz CT molecular complexity index is 124. The van der Waals surface area contributed by atoms with Gasteiger partial charge in [0, 0.05) is 19.7 Å². The summed E-state index contributed by atoms with van der Waals surface area (Å²) in [6, 6.07) is 0. The van der Waals surface area contributed by atoms with E-state index in [1.165, 1.54) is 26.1 Å². The van der Waals surface area contributed by atoms with Crippen molar-refractivity contribution >= 4 is 0 Å². The summed E-state index contributed by atoms with van der Waals surface area (Å²) < 4.78 is 0. The van der Waals surface area contributed by atoms with E-state index in [0.29, 0.717) is 6.61 Å². The zero-order valence-electron chi connectivity index (χ0n) is 11.0. The zero-order valence-corrected chi connectivity index (χ0v) is 11.0. The molecular formula is C13H29NO. The van der Waals surface area contributed by atoms with Gasteiger partial charge in [0.15, 0.2) is 0 Å². The third-order valence-electron chi connectivity index (χ3n) is 2.38. The van der Waals surface area contributed by atoms with Crippen molar-refractivity contribution in [2.45, 2.75) is 47.0 Å². The highest BCUT2D eigenvalue weighted by molar-refractivity contribution is 4.62. The van der Waals surface area contributed by atoms with E-state index in [0.717, 1.165) is 24.7 Å². The van der Waals surface area contributed by atoms with E-state index in [-0.39, 0.29) is 0 Å². The summed E-state index contributed by atoms with van der Waals surface area (Å²) >= 11 is 0. The van der Waals surface area contributed by atoms with Crippen LogP contribution in [0.4, 0.5) is 0 Å². The summed E-state index contributed by atoms with van der Waals surface area (Å²) in [5.41, 5.74) is 0. The van der Waals surface area contributed by atoms with Crippen LogP contribution in [-0.2, 0) is 0 Å². The first-order chi connectivity index (χ1) is 7.06. The fourth-order valence-electron chi connectivity index (χ4n) is 1.91. The molecule has 0 radical (unpaired) electrons. The largest absolute Gasteiger partial charge is 0.396 e. The van der Waals surface area contributed by atoms with Crippen LogP contribution in [0.5, 0.6) is 0 Å². The Labute approximate surface area is 95.7 Å². The minimum atomic E-state index is 0.342. The molecule has 1 N–H and O–H groups in total. The molecule has 0 aliphatic rings. The molecule has 0 aliphatic heterocycles. The molecule has 0 aromatic heterocycles. The van der Waals surface area contributed by atoms with Crippen molar-refractivity contribution in [1.29, 1.82) is 0 Å². The van der Waals surface area contributed by atoms with E-state index >= 15 is 0 Å². The van der Waals surface area contributed by atoms with Crippen LogP contribution in [0.25, 0.3) is 0 Å². The molecule has 0 aromatic rings. The number of hydrogen-bond acceptors (Lipinski definition) is 2. The summed E-state index contributed by atoms with van der Waals surface area (Å²) in [6.07, 6.45) is 3.33. The third kappa shape index (κ3) is 10.2. The summed E-state index contributed by atoms with van der Waals surface area (Å²) in [7, 11) is 0. The van der Waals surface area contributed by atoms with Gasteiger partial charge in [0.05, 0.1) is 0 Å². The van der Waals surface area contributed by atoms with Crippen LogP contribution in [-0.4, -0.2) is 36.2 Å². The van der Waals surface area contributed by atoms with Gasteiger partial charge in [-0.25, -0.2) is 0 Å². The smallest absolute Gasteiger partial charge is 0.0431 e. The highest BCUT2D eigenvalue weighted by Gasteiger charge is 2.08. The molecule has 0 saturated carbocycles. The summed E-state index contributed by atoms with van der Waals surface area (Å²) in [6.45, 7) is 13.1. The average molecular weight is 215 g/mol. The molecule has 0 atom stereocenters. The lowest BCUT2D eigenvalue weighted by atomic mass is 10.1. The maximum Gasteiger partial charge on any atom is 0.0431 e. The first kappa shape index (κ1) is 14.9. The van der Waals surface area contributed by atoms with Crippen LogP contribution in [0.2, 0.25) is 0 Å². The van der Waals surface area contributed by atoms with Gasteiger partial charge < -0.3 is 10.0 Å². The fourth-order valence-corrected chi connectivity index (χ4v) is 1.91. The SMILES string of the molecule is CC(C)CN(CCCCCO)CC(C)C. The molecule has 0 saturated heterocycles. The van der Waals surface area contributed by atoms with E-state index in [9.17, 15) is 0 Å². The molecule has 0 fully saturated rings. The van der Waals surface area contributed by atoms with Gasteiger partial charge in [0.2, 0.25) is 0 Å². The van der Waals surface area contributed by atoms with Gasteiger partial charge in [-0.3, -0.25) is 0 Å². The van der Waals surface area contributed by atoms with Gasteiger partial charge in [-0.05, 0) is 37.6 Å². The van der Waals surface area contributed by atoms with Crippen molar-refractivity contribution in [3.05, 3.63) is 0 Å². The lowest BCUT2D eigenvalue weighted by Gasteiger charge is -2.26. The van der Waals surface area contributed by atoms with Crippen LogP contribution in [0.15, 0.2) is 0 Å². The van der Waals surface area contributed by atoms with Gasteiger partial charge >= 0.3 is 0 Å². The number of unbranched alkanes of at least 4 members (excludes halogenated alkanes) is 2. The molecule has 0 rings (SSSR count). The Morgan fingerprint density at radius 1 is 0.867 bits per heavy atom. The van der Waals surface area contributed by atoms with Crippen molar-refractivity contribution in [2.75, 3.05) is 26.2 Å². The Morgan fingerprint density at radius 2 is 1.40 bits per heavy atom. The molecule has 2 nitrogen and oxygen atoms in total. The van der Waals surface area contributed by atoms with Crippen LogP contribution in [0.3, 0.4) is 0 Å². The maximum absolute atomic E-state index is 8.71. The maximum atomic E-state index is 8.71. The quantitative estimate of drug-likeness (QED) is 0.598. The molecule has 0 heterocycles. The third-order valence-corrected chi connectivity index (χ3v) is 2.38. The lowest BCUT2D eigenvalue weighted by Crippen LogP contribution is -2.32. The fraction of sp³-hybridized carbons (Fsp3) is 1.00. The van der Waals surface area contributed by atoms with Gasteiger partial charge in [0.25, 0.3) is 0 Å². The molecule has 15 heavy (non-hydrogen) atoms. The summed E-state index contributed by atoms with van der Waals surface area (Å²) in [5.74, 6) is 1.50. The molecule has 2 heteroatoms. The van der Waals surface area contributed by atoms with Crippen LogP contribution < -0.4 is 0 Å². The Morgan fingerprint density at radius 3 is 1.80 bits per heavy atom. The first-order valence-corrected chi connectivity index (χ1v) is 6.39. The second-order valence-corrected chi connectivity index (χ2v) is 5.33. The number of nitrogens with zero attached hydrogens (tertiary/aromatic N) is 1.